The van der Waals surface area contributed by atoms with E-state index in [0.29, 0.717) is 36.1 Å². The Morgan fingerprint density at radius 2 is 1.88 bits per heavy atom. The third-order valence-corrected chi connectivity index (χ3v) is 6.31. The number of rotatable bonds is 6. The highest BCUT2D eigenvalue weighted by Crippen LogP contribution is 2.20. The zero-order valence-electron chi connectivity index (χ0n) is 17.2. The number of piperazine rings is 1. The molecule has 2 amide bonds. The SMILES string of the molecule is O=C(Nc1nc(CCC(=O)N2CCN(c3ccc(Cl)cc3)CC2)cs1)c1ccc[nH]c1=O. The van der Waals surface area contributed by atoms with Crippen molar-refractivity contribution in [2.75, 3.05) is 36.4 Å². The van der Waals surface area contributed by atoms with E-state index in [9.17, 15) is 14.4 Å². The molecule has 0 aliphatic carbocycles. The van der Waals surface area contributed by atoms with Crippen molar-refractivity contribution in [3.63, 3.8) is 0 Å². The van der Waals surface area contributed by atoms with E-state index in [1.807, 2.05) is 34.5 Å². The summed E-state index contributed by atoms with van der Waals surface area (Å²) in [5.41, 5.74) is 1.41. The fraction of sp³-hybridized carbons (Fsp3) is 0.273. The number of nitrogens with zero attached hydrogens (tertiary/aromatic N) is 3. The first kappa shape index (κ1) is 22.0. The number of pyridine rings is 1. The molecule has 0 unspecified atom stereocenters. The number of amides is 2. The van der Waals surface area contributed by atoms with E-state index >= 15 is 0 Å². The molecule has 1 fully saturated rings. The molecule has 0 radical (unpaired) electrons. The van der Waals surface area contributed by atoms with Crippen LogP contribution in [0, 0.1) is 0 Å². The van der Waals surface area contributed by atoms with E-state index in [-0.39, 0.29) is 11.5 Å². The maximum atomic E-state index is 12.6. The zero-order chi connectivity index (χ0) is 22.5. The van der Waals surface area contributed by atoms with Crippen LogP contribution in [0.5, 0.6) is 0 Å². The van der Waals surface area contributed by atoms with Crippen molar-refractivity contribution < 1.29 is 9.59 Å². The molecule has 166 valence electrons. The van der Waals surface area contributed by atoms with Gasteiger partial charge >= 0.3 is 0 Å². The Hall–Kier alpha value is -3.17. The van der Waals surface area contributed by atoms with Crippen LogP contribution < -0.4 is 15.8 Å². The van der Waals surface area contributed by atoms with E-state index in [0.717, 1.165) is 24.5 Å². The molecule has 3 heterocycles. The maximum absolute atomic E-state index is 12.6. The summed E-state index contributed by atoms with van der Waals surface area (Å²) in [5.74, 6) is -0.419. The number of aromatic amines is 1. The number of H-pyrrole nitrogens is 1. The molecule has 1 aromatic carbocycles. The highest BCUT2D eigenvalue weighted by atomic mass is 35.5. The Labute approximate surface area is 193 Å². The Kier molecular flexibility index (Phi) is 6.87. The van der Waals surface area contributed by atoms with E-state index in [2.05, 4.69) is 20.2 Å². The predicted octanol–water partition coefficient (Wildman–Crippen LogP) is 3.02. The van der Waals surface area contributed by atoms with Crippen molar-refractivity contribution in [3.8, 4) is 0 Å². The van der Waals surface area contributed by atoms with Crippen LogP contribution in [0.25, 0.3) is 0 Å². The number of carbonyl (C=O) groups is 2. The monoisotopic (exact) mass is 471 g/mol. The second kappa shape index (κ2) is 9.97. The fourth-order valence-electron chi connectivity index (χ4n) is 3.50. The van der Waals surface area contributed by atoms with Gasteiger partial charge in [0.25, 0.3) is 11.5 Å². The molecule has 0 bridgehead atoms. The minimum Gasteiger partial charge on any atom is -0.368 e. The number of nitrogens with one attached hydrogen (secondary N) is 2. The van der Waals surface area contributed by atoms with Gasteiger partial charge in [-0.1, -0.05) is 11.6 Å². The normalized spacial score (nSPS) is 13.8. The topological polar surface area (TPSA) is 98.4 Å². The largest absolute Gasteiger partial charge is 0.368 e. The fourth-order valence-corrected chi connectivity index (χ4v) is 4.37. The molecule has 1 aliphatic heterocycles. The molecule has 2 aromatic heterocycles. The molecule has 4 rings (SSSR count). The van der Waals surface area contributed by atoms with Gasteiger partial charge in [-0.25, -0.2) is 4.98 Å². The quantitative estimate of drug-likeness (QED) is 0.575. The van der Waals surface area contributed by atoms with E-state index < -0.39 is 11.5 Å². The third kappa shape index (κ3) is 5.35. The molecule has 3 aromatic rings. The lowest BCUT2D eigenvalue weighted by Crippen LogP contribution is -2.48. The number of halogens is 1. The van der Waals surface area contributed by atoms with Crippen LogP contribution in [0.2, 0.25) is 5.02 Å². The van der Waals surface area contributed by atoms with Crippen LogP contribution in [-0.2, 0) is 11.2 Å². The Bertz CT molecular complexity index is 1150. The van der Waals surface area contributed by atoms with E-state index in [1.165, 1.54) is 23.6 Å². The first-order valence-corrected chi connectivity index (χ1v) is 11.5. The Morgan fingerprint density at radius 1 is 1.12 bits per heavy atom. The van der Waals surface area contributed by atoms with Gasteiger partial charge in [0, 0.05) is 54.9 Å². The Balaban J connectivity index is 1.25. The van der Waals surface area contributed by atoms with Gasteiger partial charge in [-0.05, 0) is 42.8 Å². The molecule has 0 atom stereocenters. The lowest BCUT2D eigenvalue weighted by molar-refractivity contribution is -0.131. The molecule has 8 nitrogen and oxygen atoms in total. The van der Waals surface area contributed by atoms with Crippen LogP contribution in [0.15, 0.2) is 52.8 Å². The van der Waals surface area contributed by atoms with Gasteiger partial charge in [0.15, 0.2) is 5.13 Å². The van der Waals surface area contributed by atoms with Crippen molar-refractivity contribution in [2.45, 2.75) is 12.8 Å². The van der Waals surface area contributed by atoms with Gasteiger partial charge in [0.05, 0.1) is 5.69 Å². The van der Waals surface area contributed by atoms with Crippen LogP contribution in [-0.4, -0.2) is 52.9 Å². The average Bonchev–Trinajstić information content (AvgIpc) is 3.25. The highest BCUT2D eigenvalue weighted by molar-refractivity contribution is 7.14. The van der Waals surface area contributed by atoms with Crippen LogP contribution in [0.1, 0.15) is 22.5 Å². The van der Waals surface area contributed by atoms with Crippen molar-refractivity contribution in [3.05, 3.63) is 74.6 Å². The van der Waals surface area contributed by atoms with Crippen LogP contribution in [0.4, 0.5) is 10.8 Å². The maximum Gasteiger partial charge on any atom is 0.263 e. The molecule has 2 N–H and O–H groups in total. The minimum atomic E-state index is -0.512. The number of aryl methyl sites for hydroxylation is 1. The van der Waals surface area contributed by atoms with Gasteiger partial charge < -0.3 is 14.8 Å². The van der Waals surface area contributed by atoms with E-state index in [4.69, 9.17) is 11.6 Å². The molecular weight excluding hydrogens is 450 g/mol. The lowest BCUT2D eigenvalue weighted by Gasteiger charge is -2.36. The van der Waals surface area contributed by atoms with Gasteiger partial charge in [0.1, 0.15) is 5.56 Å². The van der Waals surface area contributed by atoms with Crippen LogP contribution in [0.3, 0.4) is 0 Å². The third-order valence-electron chi connectivity index (χ3n) is 5.25. The number of anilines is 2. The zero-order valence-corrected chi connectivity index (χ0v) is 18.8. The Morgan fingerprint density at radius 3 is 2.59 bits per heavy atom. The molecule has 0 spiro atoms. The smallest absolute Gasteiger partial charge is 0.263 e. The molecule has 0 saturated carbocycles. The summed E-state index contributed by atoms with van der Waals surface area (Å²) in [6, 6.07) is 10.8. The van der Waals surface area contributed by atoms with Crippen molar-refractivity contribution in [1.29, 1.82) is 0 Å². The average molecular weight is 472 g/mol. The second-order valence-electron chi connectivity index (χ2n) is 7.36. The van der Waals surface area contributed by atoms with Crippen molar-refractivity contribution in [2.24, 2.45) is 0 Å². The number of hydrogen-bond donors (Lipinski definition) is 2. The summed E-state index contributed by atoms with van der Waals surface area (Å²) in [6.07, 6.45) is 2.32. The first-order valence-electron chi connectivity index (χ1n) is 10.2. The standard InChI is InChI=1S/C22H22ClN5O3S/c23-15-3-6-17(7-4-15)27-10-12-28(13-11-27)19(29)8-5-16-14-32-22(25-16)26-21(31)18-2-1-9-24-20(18)30/h1-4,6-7,9,14H,5,8,10-13H2,(H,24,30)(H,25,26,31). The van der Waals surface area contributed by atoms with Gasteiger partial charge in [-0.15, -0.1) is 11.3 Å². The number of hydrogen-bond acceptors (Lipinski definition) is 6. The summed E-state index contributed by atoms with van der Waals surface area (Å²) in [5, 5.41) is 5.56. The number of benzene rings is 1. The number of aromatic nitrogens is 2. The summed E-state index contributed by atoms with van der Waals surface area (Å²) < 4.78 is 0. The first-order chi connectivity index (χ1) is 15.5. The van der Waals surface area contributed by atoms with Gasteiger partial charge in [0.2, 0.25) is 5.91 Å². The van der Waals surface area contributed by atoms with E-state index in [1.54, 1.807) is 6.07 Å². The van der Waals surface area contributed by atoms with Crippen molar-refractivity contribution in [1.82, 2.24) is 14.9 Å². The summed E-state index contributed by atoms with van der Waals surface area (Å²) >= 11 is 7.22. The molecule has 32 heavy (non-hydrogen) atoms. The van der Waals surface area contributed by atoms with Gasteiger partial charge in [-0.3, -0.25) is 19.7 Å². The van der Waals surface area contributed by atoms with Gasteiger partial charge in [-0.2, -0.15) is 0 Å². The summed E-state index contributed by atoms with van der Waals surface area (Å²) in [4.78, 5) is 47.5. The minimum absolute atomic E-state index is 0.0252. The second-order valence-corrected chi connectivity index (χ2v) is 8.65. The molecule has 1 aliphatic rings. The summed E-state index contributed by atoms with van der Waals surface area (Å²) in [7, 11) is 0. The van der Waals surface area contributed by atoms with Crippen molar-refractivity contribution >= 4 is 45.6 Å². The molecular formula is C22H22ClN5O3S. The predicted molar refractivity (Wildman–Crippen MR) is 126 cm³/mol. The number of carbonyl (C=O) groups excluding carboxylic acids is 2. The summed E-state index contributed by atoms with van der Waals surface area (Å²) in [6.45, 7) is 2.90. The number of thiazole rings is 1. The lowest BCUT2D eigenvalue weighted by atomic mass is 10.2. The molecule has 1 saturated heterocycles. The highest BCUT2D eigenvalue weighted by Gasteiger charge is 2.21. The molecule has 10 heteroatoms. The van der Waals surface area contributed by atoms with Crippen LogP contribution >= 0.6 is 22.9 Å².